The molecule has 17 heavy (non-hydrogen) atoms. The van der Waals surface area contributed by atoms with Gasteiger partial charge in [0.15, 0.2) is 0 Å². The molecule has 0 aliphatic carbocycles. The Morgan fingerprint density at radius 3 is 2.76 bits per heavy atom. The van der Waals surface area contributed by atoms with E-state index in [4.69, 9.17) is 5.73 Å². The molecule has 0 unspecified atom stereocenters. The molecule has 3 heteroatoms. The molecule has 0 radical (unpaired) electrons. The molecule has 0 amide bonds. The summed E-state index contributed by atoms with van der Waals surface area (Å²) in [4.78, 5) is 4.91. The third-order valence-electron chi connectivity index (χ3n) is 4.19. The first-order valence-corrected chi connectivity index (χ1v) is 6.49. The first-order chi connectivity index (χ1) is 8.25. The van der Waals surface area contributed by atoms with Gasteiger partial charge in [0.2, 0.25) is 0 Å². The van der Waals surface area contributed by atoms with Gasteiger partial charge in [-0.05, 0) is 31.5 Å². The molecule has 2 heterocycles. The van der Waals surface area contributed by atoms with E-state index in [1.807, 2.05) is 0 Å². The van der Waals surface area contributed by atoms with E-state index in [0.717, 1.165) is 26.2 Å². The van der Waals surface area contributed by atoms with Gasteiger partial charge < -0.3 is 15.5 Å². The monoisotopic (exact) mass is 231 g/mol. The third kappa shape index (κ3) is 1.65. The number of hydrogen-bond donors (Lipinski definition) is 1. The summed E-state index contributed by atoms with van der Waals surface area (Å²) in [7, 11) is 2.17. The topological polar surface area (TPSA) is 32.5 Å². The SMILES string of the molecule is CN1CC(CN)(N2CCCc3ccccc32)C1. The summed E-state index contributed by atoms with van der Waals surface area (Å²) in [5, 5.41) is 0. The number of anilines is 1. The van der Waals surface area contributed by atoms with Crippen LogP contribution < -0.4 is 10.6 Å². The van der Waals surface area contributed by atoms with Crippen molar-refractivity contribution in [3.05, 3.63) is 29.8 Å². The van der Waals surface area contributed by atoms with E-state index < -0.39 is 0 Å². The summed E-state index contributed by atoms with van der Waals surface area (Å²) >= 11 is 0. The second kappa shape index (κ2) is 4.00. The molecule has 3 nitrogen and oxygen atoms in total. The first-order valence-electron chi connectivity index (χ1n) is 6.49. The fourth-order valence-electron chi connectivity index (χ4n) is 3.39. The smallest absolute Gasteiger partial charge is 0.0776 e. The number of likely N-dealkylation sites (N-methyl/N-ethyl adjacent to an activating group) is 1. The maximum absolute atomic E-state index is 6.05. The summed E-state index contributed by atoms with van der Waals surface area (Å²) in [5.41, 5.74) is 9.14. The highest BCUT2D eigenvalue weighted by molar-refractivity contribution is 5.58. The average Bonchev–Trinajstić information content (AvgIpc) is 2.34. The van der Waals surface area contributed by atoms with E-state index in [1.165, 1.54) is 24.1 Å². The Morgan fingerprint density at radius 2 is 2.06 bits per heavy atom. The number of nitrogens with two attached hydrogens (primary N) is 1. The number of nitrogens with zero attached hydrogens (tertiary/aromatic N) is 2. The van der Waals surface area contributed by atoms with E-state index in [9.17, 15) is 0 Å². The van der Waals surface area contributed by atoms with Crippen molar-refractivity contribution < 1.29 is 0 Å². The molecule has 3 rings (SSSR count). The van der Waals surface area contributed by atoms with Gasteiger partial charge in [0.05, 0.1) is 5.54 Å². The maximum atomic E-state index is 6.05. The molecule has 1 aromatic carbocycles. The zero-order valence-corrected chi connectivity index (χ0v) is 10.5. The van der Waals surface area contributed by atoms with Gasteiger partial charge in [-0.3, -0.25) is 0 Å². The van der Waals surface area contributed by atoms with Crippen LogP contribution in [0.5, 0.6) is 0 Å². The van der Waals surface area contributed by atoms with Crippen molar-refractivity contribution in [2.75, 3.05) is 38.1 Å². The summed E-state index contributed by atoms with van der Waals surface area (Å²) in [6, 6.07) is 8.80. The number of hydrogen-bond acceptors (Lipinski definition) is 3. The average molecular weight is 231 g/mol. The second-order valence-corrected chi connectivity index (χ2v) is 5.48. The lowest BCUT2D eigenvalue weighted by atomic mass is 9.85. The van der Waals surface area contributed by atoms with Gasteiger partial charge in [0, 0.05) is 31.9 Å². The van der Waals surface area contributed by atoms with Crippen LogP contribution in [0.2, 0.25) is 0 Å². The predicted molar refractivity (Wildman–Crippen MR) is 71.4 cm³/mol. The molecule has 1 saturated heterocycles. The quantitative estimate of drug-likeness (QED) is 0.827. The Balaban J connectivity index is 1.95. The van der Waals surface area contributed by atoms with E-state index in [2.05, 4.69) is 41.1 Å². The van der Waals surface area contributed by atoms with Crippen LogP contribution in [-0.4, -0.2) is 43.7 Å². The van der Waals surface area contributed by atoms with E-state index in [-0.39, 0.29) is 5.54 Å². The predicted octanol–water partition coefficient (Wildman–Crippen LogP) is 1.08. The lowest BCUT2D eigenvalue weighted by Gasteiger charge is -2.56. The fourth-order valence-corrected chi connectivity index (χ4v) is 3.39. The molecule has 2 aliphatic rings. The molecule has 2 aliphatic heterocycles. The van der Waals surface area contributed by atoms with Crippen molar-refractivity contribution in [2.24, 2.45) is 5.73 Å². The molecule has 1 aromatic rings. The number of likely N-dealkylation sites (tertiary alicyclic amines) is 1. The fraction of sp³-hybridized carbons (Fsp3) is 0.571. The summed E-state index contributed by atoms with van der Waals surface area (Å²) in [6.45, 7) is 4.10. The zero-order chi connectivity index (χ0) is 11.9. The Labute approximate surface area is 103 Å². The van der Waals surface area contributed by atoms with Crippen LogP contribution in [0.3, 0.4) is 0 Å². The lowest BCUT2D eigenvalue weighted by Crippen LogP contribution is -2.73. The highest BCUT2D eigenvalue weighted by Crippen LogP contribution is 2.36. The lowest BCUT2D eigenvalue weighted by molar-refractivity contribution is 0.0956. The number of benzene rings is 1. The Morgan fingerprint density at radius 1 is 1.29 bits per heavy atom. The third-order valence-corrected chi connectivity index (χ3v) is 4.19. The molecule has 1 fully saturated rings. The molecule has 2 N–H and O–H groups in total. The van der Waals surface area contributed by atoms with Gasteiger partial charge >= 0.3 is 0 Å². The zero-order valence-electron chi connectivity index (χ0n) is 10.5. The van der Waals surface area contributed by atoms with E-state index in [1.54, 1.807) is 0 Å². The largest absolute Gasteiger partial charge is 0.362 e. The van der Waals surface area contributed by atoms with Gasteiger partial charge in [-0.2, -0.15) is 0 Å². The summed E-state index contributed by atoms with van der Waals surface area (Å²) in [5.74, 6) is 0. The van der Waals surface area contributed by atoms with Crippen LogP contribution in [0.15, 0.2) is 24.3 Å². The van der Waals surface area contributed by atoms with Crippen molar-refractivity contribution in [1.29, 1.82) is 0 Å². The van der Waals surface area contributed by atoms with Crippen LogP contribution in [0.4, 0.5) is 5.69 Å². The molecule has 92 valence electrons. The number of aryl methyl sites for hydroxylation is 1. The minimum absolute atomic E-state index is 0.186. The van der Waals surface area contributed by atoms with Gasteiger partial charge in [-0.15, -0.1) is 0 Å². The minimum Gasteiger partial charge on any atom is -0.362 e. The maximum Gasteiger partial charge on any atom is 0.0776 e. The molecule has 0 atom stereocenters. The van der Waals surface area contributed by atoms with Gasteiger partial charge in [0.1, 0.15) is 0 Å². The standard InChI is InChI=1S/C14H21N3/c1-16-10-14(9-15,11-16)17-8-4-6-12-5-2-3-7-13(12)17/h2-3,5,7H,4,6,8-11,15H2,1H3. The Kier molecular flexibility index (Phi) is 2.60. The van der Waals surface area contributed by atoms with Crippen molar-refractivity contribution in [3.8, 4) is 0 Å². The second-order valence-electron chi connectivity index (χ2n) is 5.48. The molecule has 0 aromatic heterocycles. The molecule has 0 saturated carbocycles. The number of fused-ring (bicyclic) bond motifs is 1. The first kappa shape index (κ1) is 11.1. The highest BCUT2D eigenvalue weighted by Gasteiger charge is 2.45. The van der Waals surface area contributed by atoms with Crippen LogP contribution >= 0.6 is 0 Å². The van der Waals surface area contributed by atoms with E-state index in [0.29, 0.717) is 0 Å². The van der Waals surface area contributed by atoms with Crippen molar-refractivity contribution in [1.82, 2.24) is 4.90 Å². The van der Waals surface area contributed by atoms with Crippen LogP contribution in [0.25, 0.3) is 0 Å². The van der Waals surface area contributed by atoms with E-state index >= 15 is 0 Å². The molecule has 0 spiro atoms. The minimum atomic E-state index is 0.186. The molecule has 0 bridgehead atoms. The number of para-hydroxylation sites is 1. The summed E-state index contributed by atoms with van der Waals surface area (Å²) in [6.07, 6.45) is 2.46. The normalized spacial score (nSPS) is 23.1. The Bertz CT molecular complexity index is 410. The van der Waals surface area contributed by atoms with Crippen molar-refractivity contribution in [2.45, 2.75) is 18.4 Å². The Hall–Kier alpha value is -1.06. The summed E-state index contributed by atoms with van der Waals surface area (Å²) < 4.78 is 0. The van der Waals surface area contributed by atoms with Crippen LogP contribution in [0.1, 0.15) is 12.0 Å². The van der Waals surface area contributed by atoms with Crippen LogP contribution in [0, 0.1) is 0 Å². The molecular weight excluding hydrogens is 210 g/mol. The van der Waals surface area contributed by atoms with Crippen molar-refractivity contribution >= 4 is 5.69 Å². The highest BCUT2D eigenvalue weighted by atomic mass is 15.4. The van der Waals surface area contributed by atoms with Gasteiger partial charge in [-0.25, -0.2) is 0 Å². The van der Waals surface area contributed by atoms with Crippen LogP contribution in [-0.2, 0) is 6.42 Å². The molecular formula is C14H21N3. The van der Waals surface area contributed by atoms with Gasteiger partial charge in [-0.1, -0.05) is 18.2 Å². The van der Waals surface area contributed by atoms with Gasteiger partial charge in [0.25, 0.3) is 0 Å². The number of rotatable bonds is 2. The van der Waals surface area contributed by atoms with Crippen molar-refractivity contribution in [3.63, 3.8) is 0 Å².